The summed E-state index contributed by atoms with van der Waals surface area (Å²) < 4.78 is 25.4. The van der Waals surface area contributed by atoms with E-state index in [1.54, 1.807) is 42.5 Å². The molecule has 10 heteroatoms. The van der Waals surface area contributed by atoms with Crippen molar-refractivity contribution < 1.29 is 28.2 Å². The van der Waals surface area contributed by atoms with Gasteiger partial charge in [-0.25, -0.2) is 13.1 Å². The van der Waals surface area contributed by atoms with Gasteiger partial charge in [-0.3, -0.25) is 9.59 Å². The number of hydrogen-bond donors (Lipinski definition) is 3. The van der Waals surface area contributed by atoms with Gasteiger partial charge in [0.25, 0.3) is 5.91 Å². The highest BCUT2D eigenvalue weighted by atomic mass is 35.5. The number of halogens is 1. The number of fused-ring (bicyclic) bond motifs is 1. The summed E-state index contributed by atoms with van der Waals surface area (Å²) in [7, 11) is -3.60. The SMILES string of the molecule is CS(=O)(=O)NC[C@@H](CO)N1C(=O)c2ccccc2C(C(=O)O)C1c1ccc(Cl)cc1. The molecular weight excluding hydrogens is 432 g/mol. The van der Waals surface area contributed by atoms with Gasteiger partial charge in [0.15, 0.2) is 0 Å². The average Bonchev–Trinajstić information content (AvgIpc) is 2.69. The molecule has 2 aromatic carbocycles. The predicted octanol–water partition coefficient (Wildman–Crippen LogP) is 1.62. The summed E-state index contributed by atoms with van der Waals surface area (Å²) in [6.07, 6.45) is 0.964. The van der Waals surface area contributed by atoms with E-state index in [0.29, 0.717) is 16.1 Å². The molecule has 0 aliphatic carbocycles. The molecule has 160 valence electrons. The number of carboxylic acids is 1. The number of benzene rings is 2. The second-order valence-corrected chi connectivity index (χ2v) is 9.34. The molecule has 3 atom stereocenters. The van der Waals surface area contributed by atoms with Crippen LogP contribution in [-0.4, -0.2) is 60.9 Å². The third kappa shape index (κ3) is 4.49. The molecule has 0 fully saturated rings. The van der Waals surface area contributed by atoms with Crippen LogP contribution in [0.5, 0.6) is 0 Å². The van der Waals surface area contributed by atoms with Crippen molar-refractivity contribution in [2.24, 2.45) is 0 Å². The second-order valence-electron chi connectivity index (χ2n) is 7.07. The van der Waals surface area contributed by atoms with E-state index >= 15 is 0 Å². The fourth-order valence-electron chi connectivity index (χ4n) is 3.73. The number of aliphatic hydroxyl groups is 1. The highest BCUT2D eigenvalue weighted by Crippen LogP contribution is 2.44. The third-order valence-corrected chi connectivity index (χ3v) is 5.98. The van der Waals surface area contributed by atoms with Gasteiger partial charge in [-0.05, 0) is 29.3 Å². The maximum Gasteiger partial charge on any atom is 0.313 e. The second kappa shape index (κ2) is 8.73. The van der Waals surface area contributed by atoms with Crippen LogP contribution in [0.4, 0.5) is 0 Å². The Morgan fingerprint density at radius 3 is 2.40 bits per heavy atom. The molecule has 3 N–H and O–H groups in total. The number of sulfonamides is 1. The number of carboxylic acid groups (broad SMARTS) is 1. The van der Waals surface area contributed by atoms with Gasteiger partial charge in [0.1, 0.15) is 5.92 Å². The predicted molar refractivity (Wildman–Crippen MR) is 111 cm³/mol. The minimum absolute atomic E-state index is 0.202. The lowest BCUT2D eigenvalue weighted by molar-refractivity contribution is -0.141. The molecule has 0 aromatic heterocycles. The molecule has 0 spiro atoms. The maximum atomic E-state index is 13.4. The van der Waals surface area contributed by atoms with E-state index in [1.807, 2.05) is 0 Å². The maximum absolute atomic E-state index is 13.4. The third-order valence-electron chi connectivity index (χ3n) is 5.04. The summed E-state index contributed by atoms with van der Waals surface area (Å²) >= 11 is 5.97. The highest BCUT2D eigenvalue weighted by Gasteiger charge is 2.46. The van der Waals surface area contributed by atoms with Gasteiger partial charge >= 0.3 is 5.97 Å². The van der Waals surface area contributed by atoms with E-state index in [9.17, 15) is 28.2 Å². The molecule has 0 saturated heterocycles. The van der Waals surface area contributed by atoms with Crippen molar-refractivity contribution in [1.29, 1.82) is 0 Å². The molecule has 8 nitrogen and oxygen atoms in total. The lowest BCUT2D eigenvalue weighted by atomic mass is 9.79. The molecule has 3 rings (SSSR count). The van der Waals surface area contributed by atoms with Crippen molar-refractivity contribution in [3.8, 4) is 0 Å². The van der Waals surface area contributed by atoms with Gasteiger partial charge in [-0.1, -0.05) is 41.9 Å². The van der Waals surface area contributed by atoms with Gasteiger partial charge < -0.3 is 15.1 Å². The number of rotatable bonds is 7. The first-order valence-corrected chi connectivity index (χ1v) is 11.4. The van der Waals surface area contributed by atoms with Crippen molar-refractivity contribution in [3.63, 3.8) is 0 Å². The number of aliphatic hydroxyl groups excluding tert-OH is 1. The summed E-state index contributed by atoms with van der Waals surface area (Å²) in [5, 5.41) is 20.5. The van der Waals surface area contributed by atoms with E-state index in [0.717, 1.165) is 6.26 Å². The molecule has 2 unspecified atom stereocenters. The normalized spacial score (nSPS) is 20.0. The molecule has 1 aliphatic heterocycles. The number of aliphatic carboxylic acids is 1. The Labute approximate surface area is 179 Å². The van der Waals surface area contributed by atoms with Crippen LogP contribution in [0.1, 0.15) is 33.4 Å². The number of hydrogen-bond acceptors (Lipinski definition) is 5. The minimum Gasteiger partial charge on any atom is -0.481 e. The van der Waals surface area contributed by atoms with Crippen LogP contribution < -0.4 is 4.72 Å². The molecule has 0 bridgehead atoms. The zero-order valence-corrected chi connectivity index (χ0v) is 17.6. The topological polar surface area (TPSA) is 124 Å². The Morgan fingerprint density at radius 1 is 1.20 bits per heavy atom. The fourth-order valence-corrected chi connectivity index (χ4v) is 4.35. The molecule has 2 aromatic rings. The Bertz CT molecular complexity index is 1060. The monoisotopic (exact) mass is 452 g/mol. The zero-order chi connectivity index (χ0) is 22.1. The van der Waals surface area contributed by atoms with E-state index in [4.69, 9.17) is 11.6 Å². The molecule has 30 heavy (non-hydrogen) atoms. The van der Waals surface area contributed by atoms with Crippen LogP contribution in [0.25, 0.3) is 0 Å². The summed E-state index contributed by atoms with van der Waals surface area (Å²) in [5.74, 6) is -2.75. The molecule has 1 amide bonds. The summed E-state index contributed by atoms with van der Waals surface area (Å²) in [6, 6.07) is 10.9. The first-order valence-electron chi connectivity index (χ1n) is 9.09. The first-order chi connectivity index (χ1) is 14.1. The number of amides is 1. The molecular formula is C20H21ClN2O6S. The van der Waals surface area contributed by atoms with Crippen LogP contribution in [0.2, 0.25) is 5.02 Å². The lowest BCUT2D eigenvalue weighted by Gasteiger charge is -2.44. The number of carbonyl (C=O) groups is 2. The van der Waals surface area contributed by atoms with E-state index in [1.165, 1.54) is 11.0 Å². The van der Waals surface area contributed by atoms with E-state index in [2.05, 4.69) is 4.72 Å². The zero-order valence-electron chi connectivity index (χ0n) is 16.0. The van der Waals surface area contributed by atoms with Gasteiger partial charge in [0, 0.05) is 17.1 Å². The molecule has 1 heterocycles. The summed E-state index contributed by atoms with van der Waals surface area (Å²) in [4.78, 5) is 26.9. The first kappa shape index (κ1) is 22.2. The smallest absolute Gasteiger partial charge is 0.313 e. The van der Waals surface area contributed by atoms with Gasteiger partial charge in [0.05, 0.1) is 24.9 Å². The molecule has 1 aliphatic rings. The Balaban J connectivity index is 2.18. The van der Waals surface area contributed by atoms with Crippen molar-refractivity contribution in [2.45, 2.75) is 18.0 Å². The quantitative estimate of drug-likeness (QED) is 0.586. The minimum atomic E-state index is -3.60. The van der Waals surface area contributed by atoms with Gasteiger partial charge in [-0.2, -0.15) is 0 Å². The van der Waals surface area contributed by atoms with Gasteiger partial charge in [-0.15, -0.1) is 0 Å². The Kier molecular flexibility index (Phi) is 6.47. The van der Waals surface area contributed by atoms with Crippen molar-refractivity contribution in [3.05, 3.63) is 70.2 Å². The largest absolute Gasteiger partial charge is 0.481 e. The van der Waals surface area contributed by atoms with Crippen molar-refractivity contribution in [2.75, 3.05) is 19.4 Å². The lowest BCUT2D eigenvalue weighted by Crippen LogP contribution is -2.54. The highest BCUT2D eigenvalue weighted by molar-refractivity contribution is 7.88. The van der Waals surface area contributed by atoms with Crippen LogP contribution in [0.3, 0.4) is 0 Å². The van der Waals surface area contributed by atoms with Crippen LogP contribution in [0, 0.1) is 0 Å². The molecule has 0 radical (unpaired) electrons. The van der Waals surface area contributed by atoms with Crippen LogP contribution >= 0.6 is 11.6 Å². The summed E-state index contributed by atoms with van der Waals surface area (Å²) in [5.41, 5.74) is 1.07. The number of nitrogens with zero attached hydrogens (tertiary/aromatic N) is 1. The van der Waals surface area contributed by atoms with Crippen LogP contribution in [0.15, 0.2) is 48.5 Å². The number of carbonyl (C=O) groups excluding carboxylic acids is 1. The van der Waals surface area contributed by atoms with E-state index < -0.39 is 46.5 Å². The van der Waals surface area contributed by atoms with Crippen LogP contribution in [-0.2, 0) is 14.8 Å². The number of nitrogens with one attached hydrogen (secondary N) is 1. The Hall–Kier alpha value is -2.46. The summed E-state index contributed by atoms with van der Waals surface area (Å²) in [6.45, 7) is -0.827. The average molecular weight is 453 g/mol. The van der Waals surface area contributed by atoms with Crippen molar-refractivity contribution in [1.82, 2.24) is 9.62 Å². The van der Waals surface area contributed by atoms with Crippen molar-refractivity contribution >= 4 is 33.5 Å². The molecule has 0 saturated carbocycles. The fraction of sp³-hybridized carbons (Fsp3) is 0.300. The standard InChI is InChI=1S/C20H21ClN2O6S/c1-30(28,29)22-10-14(11-24)23-18(12-6-8-13(21)9-7-12)17(20(26)27)15-4-2-3-5-16(15)19(23)25/h2-9,14,17-18,22,24H,10-11H2,1H3,(H,26,27)/t14-,17?,18?/m0/s1. The Morgan fingerprint density at radius 2 is 1.83 bits per heavy atom. The van der Waals surface area contributed by atoms with E-state index in [-0.39, 0.29) is 12.1 Å². The van der Waals surface area contributed by atoms with Gasteiger partial charge in [0.2, 0.25) is 10.0 Å².